The van der Waals surface area contributed by atoms with Gasteiger partial charge in [0.05, 0.1) is 49.4 Å². The predicted molar refractivity (Wildman–Crippen MR) is 149 cm³/mol. The lowest BCUT2D eigenvalue weighted by Crippen LogP contribution is -2.44. The zero-order valence-corrected chi connectivity index (χ0v) is 22.5. The molecule has 1 unspecified atom stereocenters. The number of carbonyl (C=O) groups excluding carboxylic acids is 1. The van der Waals surface area contributed by atoms with Crippen LogP contribution < -0.4 is 9.80 Å². The monoisotopic (exact) mass is 489 g/mol. The highest BCUT2D eigenvalue weighted by Crippen LogP contribution is 2.25. The van der Waals surface area contributed by atoms with Crippen molar-refractivity contribution in [2.75, 3.05) is 38.6 Å². The number of hydrogen-bond acceptors (Lipinski definition) is 5. The largest absolute Gasteiger partial charge is 0.462 e. The fourth-order valence-corrected chi connectivity index (χ4v) is 4.47. The minimum absolute atomic E-state index is 0.250. The second-order valence-corrected chi connectivity index (χ2v) is 9.61. The molecule has 0 aliphatic carbocycles. The van der Waals surface area contributed by atoms with Gasteiger partial charge < -0.3 is 10.1 Å². The van der Waals surface area contributed by atoms with E-state index >= 15 is 0 Å². The first kappa shape index (κ1) is 27.3. The molecule has 1 aromatic heterocycles. The Kier molecular flexibility index (Phi) is 10.00. The van der Waals surface area contributed by atoms with Crippen molar-refractivity contribution in [1.29, 1.82) is 0 Å². The fraction of sp³-hybridized carbons (Fsp3) is 0.433. The molecule has 1 atom stereocenters. The van der Waals surface area contributed by atoms with Crippen molar-refractivity contribution >= 4 is 17.3 Å². The number of nitrogens with one attached hydrogen (secondary N) is 1. The summed E-state index contributed by atoms with van der Waals surface area (Å²) in [7, 11) is 2.21. The highest BCUT2D eigenvalue weighted by atomic mass is 16.5. The summed E-state index contributed by atoms with van der Waals surface area (Å²) in [6.07, 6.45) is 4.41. The highest BCUT2D eigenvalue weighted by molar-refractivity contribution is 5.89. The van der Waals surface area contributed by atoms with E-state index in [-0.39, 0.29) is 5.97 Å². The van der Waals surface area contributed by atoms with Crippen molar-refractivity contribution in [3.63, 3.8) is 0 Å². The van der Waals surface area contributed by atoms with Crippen LogP contribution in [0.3, 0.4) is 0 Å². The maximum atomic E-state index is 12.5. The molecule has 6 heteroatoms. The van der Waals surface area contributed by atoms with Gasteiger partial charge in [0.25, 0.3) is 0 Å². The Hall–Kier alpha value is -3.25. The summed E-state index contributed by atoms with van der Waals surface area (Å²) in [6.45, 7) is 11.6. The number of aromatic nitrogens is 2. The summed E-state index contributed by atoms with van der Waals surface area (Å²) in [5, 5.41) is 3.57. The van der Waals surface area contributed by atoms with Gasteiger partial charge in [-0.15, -0.1) is 0 Å². The van der Waals surface area contributed by atoms with Crippen molar-refractivity contribution in [3.8, 4) is 0 Å². The average molecular weight is 490 g/mol. The molecule has 6 nitrogen and oxygen atoms in total. The van der Waals surface area contributed by atoms with E-state index in [9.17, 15) is 4.79 Å². The minimum atomic E-state index is -0.250. The average Bonchev–Trinajstić information content (AvgIpc) is 2.91. The number of esters is 1. The summed E-state index contributed by atoms with van der Waals surface area (Å²) < 4.78 is 6.43. The Morgan fingerprint density at radius 3 is 2.19 bits per heavy atom. The van der Waals surface area contributed by atoms with E-state index < -0.39 is 0 Å². The Morgan fingerprint density at radius 2 is 1.58 bits per heavy atom. The van der Waals surface area contributed by atoms with Crippen LogP contribution in [0, 0.1) is 13.8 Å². The number of nitrogens with zero attached hydrogens (tertiary/aromatic N) is 3. The van der Waals surface area contributed by atoms with Gasteiger partial charge in [-0.3, -0.25) is 4.48 Å². The molecule has 3 rings (SSSR count). The van der Waals surface area contributed by atoms with Crippen LogP contribution >= 0.6 is 0 Å². The third-order valence-electron chi connectivity index (χ3n) is 7.32. The number of ether oxygens (including phenoxy) is 1. The smallest absolute Gasteiger partial charge is 0.338 e. The standard InChI is InChI=1S/C30H41N4O2/c1-6-34(5,7-2)28-18-16-26(17-19-28)30(35)36-20-12-11-15-27(25-13-9-8-10-14-25)21-31-29-23(3)32-22-33-24(29)4/h8-10,13-14,16-19,22,27,31H,6-7,11-12,15,20-21H2,1-5H3/q+1. The normalized spacial score (nSPS) is 12.2. The third kappa shape index (κ3) is 7.14. The molecular weight excluding hydrogens is 448 g/mol. The van der Waals surface area contributed by atoms with E-state index in [0.29, 0.717) is 18.1 Å². The van der Waals surface area contributed by atoms with Gasteiger partial charge >= 0.3 is 5.97 Å². The van der Waals surface area contributed by atoms with Gasteiger partial charge in [0.2, 0.25) is 0 Å². The van der Waals surface area contributed by atoms with Gasteiger partial charge in [0.1, 0.15) is 12.0 Å². The fourth-order valence-electron chi connectivity index (χ4n) is 4.47. The van der Waals surface area contributed by atoms with Crippen molar-refractivity contribution in [2.45, 2.75) is 52.9 Å². The van der Waals surface area contributed by atoms with Crippen LogP contribution in [0.1, 0.15) is 66.3 Å². The molecule has 0 fully saturated rings. The maximum Gasteiger partial charge on any atom is 0.338 e. The first-order chi connectivity index (χ1) is 17.4. The van der Waals surface area contributed by atoms with E-state index in [2.05, 4.69) is 60.4 Å². The zero-order valence-electron chi connectivity index (χ0n) is 22.5. The van der Waals surface area contributed by atoms with Crippen LogP contribution in [0.5, 0.6) is 0 Å². The van der Waals surface area contributed by atoms with E-state index in [4.69, 9.17) is 4.74 Å². The van der Waals surface area contributed by atoms with E-state index in [1.165, 1.54) is 11.3 Å². The molecule has 0 amide bonds. The number of carbonyl (C=O) groups is 1. The molecule has 0 aliphatic heterocycles. The number of quaternary nitrogens is 1. The zero-order chi connectivity index (χ0) is 26.0. The molecule has 2 aromatic carbocycles. The van der Waals surface area contributed by atoms with Crippen molar-refractivity contribution < 1.29 is 9.53 Å². The van der Waals surface area contributed by atoms with Crippen LogP contribution in [0.25, 0.3) is 0 Å². The summed E-state index contributed by atoms with van der Waals surface area (Å²) in [5.41, 5.74) is 6.06. The summed E-state index contributed by atoms with van der Waals surface area (Å²) in [5.74, 6) is 0.0954. The SMILES string of the molecule is CC[N+](C)(CC)c1ccc(C(=O)OCCCCC(CNc2c(C)ncnc2C)c2ccccc2)cc1. The molecule has 3 aromatic rings. The number of aryl methyl sites for hydroxylation is 2. The van der Waals surface area contributed by atoms with E-state index in [1.807, 2.05) is 44.2 Å². The molecule has 36 heavy (non-hydrogen) atoms. The highest BCUT2D eigenvalue weighted by Gasteiger charge is 2.21. The quantitative estimate of drug-likeness (QED) is 0.174. The number of benzene rings is 2. The Bertz CT molecular complexity index is 1080. The van der Waals surface area contributed by atoms with Crippen LogP contribution in [0.4, 0.5) is 11.4 Å². The minimum Gasteiger partial charge on any atom is -0.462 e. The van der Waals surface area contributed by atoms with Gasteiger partial charge in [-0.1, -0.05) is 30.3 Å². The van der Waals surface area contributed by atoms with Crippen LogP contribution in [-0.4, -0.2) is 49.2 Å². The molecular formula is C30H41N4O2+. The molecule has 0 radical (unpaired) electrons. The van der Waals surface area contributed by atoms with E-state index in [0.717, 1.165) is 60.5 Å². The summed E-state index contributed by atoms with van der Waals surface area (Å²) in [4.78, 5) is 21.2. The maximum absolute atomic E-state index is 12.5. The van der Waals surface area contributed by atoms with Crippen LogP contribution in [0.2, 0.25) is 0 Å². The topological polar surface area (TPSA) is 64.1 Å². The summed E-state index contributed by atoms with van der Waals surface area (Å²) in [6, 6.07) is 18.4. The predicted octanol–water partition coefficient (Wildman–Crippen LogP) is 6.29. The number of anilines is 1. The van der Waals surface area contributed by atoms with E-state index in [1.54, 1.807) is 6.33 Å². The van der Waals surface area contributed by atoms with Gasteiger partial charge in [-0.25, -0.2) is 14.8 Å². The van der Waals surface area contributed by atoms with Gasteiger partial charge in [-0.2, -0.15) is 0 Å². The number of hydrogen-bond donors (Lipinski definition) is 1. The van der Waals surface area contributed by atoms with Gasteiger partial charge in [0, 0.05) is 12.5 Å². The third-order valence-corrected chi connectivity index (χ3v) is 7.32. The van der Waals surface area contributed by atoms with Crippen molar-refractivity contribution in [1.82, 2.24) is 14.5 Å². The number of rotatable bonds is 13. The lowest BCUT2D eigenvalue weighted by atomic mass is 9.93. The Balaban J connectivity index is 1.50. The summed E-state index contributed by atoms with van der Waals surface area (Å²) >= 11 is 0. The van der Waals surface area contributed by atoms with Crippen LogP contribution in [-0.2, 0) is 4.74 Å². The molecule has 1 heterocycles. The molecule has 192 valence electrons. The lowest BCUT2D eigenvalue weighted by molar-refractivity contribution is 0.0497. The first-order valence-corrected chi connectivity index (χ1v) is 13.1. The molecule has 0 aliphatic rings. The second kappa shape index (κ2) is 13.2. The number of unbranched alkanes of at least 4 members (excludes halogenated alkanes) is 1. The van der Waals surface area contributed by atoms with Crippen LogP contribution in [0.15, 0.2) is 60.9 Å². The van der Waals surface area contributed by atoms with Crippen molar-refractivity contribution in [3.05, 3.63) is 83.4 Å². The molecule has 0 bridgehead atoms. The molecule has 0 saturated carbocycles. The molecule has 0 spiro atoms. The molecule has 0 saturated heterocycles. The Labute approximate surface area is 216 Å². The molecule has 1 N–H and O–H groups in total. The first-order valence-electron chi connectivity index (χ1n) is 13.1. The Morgan fingerprint density at radius 1 is 0.944 bits per heavy atom. The lowest BCUT2D eigenvalue weighted by Gasteiger charge is -2.31. The van der Waals surface area contributed by atoms with Gasteiger partial charge in [-0.05, 0) is 76.8 Å². The van der Waals surface area contributed by atoms with Crippen molar-refractivity contribution in [2.24, 2.45) is 0 Å². The van der Waals surface area contributed by atoms with Gasteiger partial charge in [0.15, 0.2) is 0 Å². The second-order valence-electron chi connectivity index (χ2n) is 9.61.